The van der Waals surface area contributed by atoms with Gasteiger partial charge in [-0.2, -0.15) is 52.7 Å². The van der Waals surface area contributed by atoms with E-state index in [9.17, 15) is 76.7 Å². The molecule has 0 spiro atoms. The van der Waals surface area contributed by atoms with Crippen LogP contribution in [0.4, 0.5) is 52.7 Å². The molecule has 0 atom stereocenters. The number of carboxylic acid groups (broad SMARTS) is 2. The predicted octanol–water partition coefficient (Wildman–Crippen LogP) is 13.5. The molecular weight excluding hydrogens is 1160 g/mol. The summed E-state index contributed by atoms with van der Waals surface area (Å²) in [4.78, 5) is 55.2. The second-order valence-corrected chi connectivity index (χ2v) is 18.0. The van der Waals surface area contributed by atoms with E-state index in [0.29, 0.717) is 27.6 Å². The van der Waals surface area contributed by atoms with E-state index < -0.39 is 76.0 Å². The number of aromatic carboxylic acids is 2. The fraction of sp³-hybridized carbons (Fsp3) is 0.170. The van der Waals surface area contributed by atoms with Crippen LogP contribution in [-0.2, 0) is 37.5 Å². The number of aromatic nitrogens is 2. The standard InChI is InChI=1S/C17H13F3N2O3S.C17H11F3N2O2S.C8H4ClF3O.C8H7F3N2O.C3H8/c18-17(19,20)13-3-1-2-12(9-13)15(23)22-21-14(26)8-10-4-6-11(7-5-10)16(24)25;18-17(19,20)13-3-1-2-12(9-13)15-22-21-14(25-15)8-10-4-6-11(7-5-10)16(23)24;9-7(13)5-2-1-3-6(4-5)8(10,11)12;9-8(10,11)6-3-1-2-5(4-6)7(14)13-12;1-3-2/h1-7,9H,8H2,(H,21,26)(H,22,23)(H,24,25);1-7,9H,8H2,(H,23,24);1-4H;1-4H,12H2,(H,13,14);3H2,1-2H3. The zero-order valence-electron chi connectivity index (χ0n) is 41.6. The summed E-state index contributed by atoms with van der Waals surface area (Å²) in [6.07, 6.45) is -15.9. The molecule has 0 aliphatic carbocycles. The van der Waals surface area contributed by atoms with Crippen molar-refractivity contribution >= 4 is 69.1 Å². The molecule has 7 rings (SSSR count). The molecule has 1 aromatic heterocycles. The van der Waals surface area contributed by atoms with Crippen LogP contribution in [0.25, 0.3) is 10.6 Å². The maximum Gasteiger partial charge on any atom is 0.416 e. The third-order valence-electron chi connectivity index (χ3n) is 9.79. The lowest BCUT2D eigenvalue weighted by molar-refractivity contribution is -0.138. The van der Waals surface area contributed by atoms with Crippen molar-refractivity contribution in [1.82, 2.24) is 26.5 Å². The average molecular weight is 1200 g/mol. The monoisotopic (exact) mass is 1200 g/mol. The normalized spacial score (nSPS) is 11.0. The first kappa shape index (κ1) is 67.0. The number of amides is 2. The van der Waals surface area contributed by atoms with Crippen LogP contribution in [0.15, 0.2) is 146 Å². The Kier molecular flexibility index (Phi) is 25.1. The molecule has 6 aromatic carbocycles. The molecule has 0 saturated heterocycles. The number of benzene rings is 6. The molecule has 0 aliphatic rings. The van der Waals surface area contributed by atoms with E-state index in [0.717, 1.165) is 72.3 Å². The molecule has 0 radical (unpaired) electrons. The van der Waals surface area contributed by atoms with E-state index in [-0.39, 0.29) is 39.2 Å². The number of alkyl halides is 12. The van der Waals surface area contributed by atoms with Gasteiger partial charge < -0.3 is 10.2 Å². The van der Waals surface area contributed by atoms with Crippen LogP contribution in [0.5, 0.6) is 0 Å². The number of halogens is 13. The Labute approximate surface area is 466 Å². The minimum Gasteiger partial charge on any atom is -0.478 e. The number of carbonyl (C=O) groups excluding carboxylic acids is 3. The van der Waals surface area contributed by atoms with Gasteiger partial charge in [0, 0.05) is 35.1 Å². The summed E-state index contributed by atoms with van der Waals surface area (Å²) < 4.78 is 149. The van der Waals surface area contributed by atoms with E-state index in [1.54, 1.807) is 35.8 Å². The lowest BCUT2D eigenvalue weighted by atomic mass is 10.1. The highest BCUT2D eigenvalue weighted by Gasteiger charge is 2.33. The van der Waals surface area contributed by atoms with Gasteiger partial charge in [0.2, 0.25) is 0 Å². The van der Waals surface area contributed by atoms with Crippen molar-refractivity contribution in [2.24, 2.45) is 5.84 Å². The molecule has 0 bridgehead atoms. The summed E-state index contributed by atoms with van der Waals surface area (Å²) in [5.74, 6) is 1.21. The van der Waals surface area contributed by atoms with Crippen molar-refractivity contribution in [2.75, 3.05) is 0 Å². The van der Waals surface area contributed by atoms with E-state index >= 15 is 0 Å². The minimum atomic E-state index is -4.54. The van der Waals surface area contributed by atoms with Gasteiger partial charge in [-0.15, -0.1) is 10.2 Å². The number of nitrogens with zero attached hydrogens (tertiary/aromatic N) is 2. The highest BCUT2D eigenvalue weighted by molar-refractivity contribution is 7.80. The molecule has 2 amide bonds. The molecule has 0 aliphatic heterocycles. The second kappa shape index (κ2) is 30.4. The first-order valence-electron chi connectivity index (χ1n) is 22.7. The SMILES string of the molecule is CCC.NNC(=O)c1cccc(C(F)(F)F)c1.O=C(Cl)c1cccc(C(F)(F)F)c1.O=C(O)c1ccc(CC(=S)NNC(=O)c2cccc(C(F)(F)F)c2)cc1.O=C(O)c1ccc(Cc2nnc(-c3cccc(C(F)(F)F)c3)s2)cc1. The minimum absolute atomic E-state index is 0.123. The maximum atomic E-state index is 12.8. The molecule has 430 valence electrons. The lowest BCUT2D eigenvalue weighted by Crippen LogP contribution is -2.41. The van der Waals surface area contributed by atoms with Gasteiger partial charge in [0.1, 0.15) is 10.0 Å². The largest absolute Gasteiger partial charge is 0.478 e. The Bertz CT molecular complexity index is 3270. The fourth-order valence-electron chi connectivity index (χ4n) is 5.98. The first-order valence-corrected chi connectivity index (χ1v) is 24.3. The first-order chi connectivity index (χ1) is 37.8. The van der Waals surface area contributed by atoms with Crippen LogP contribution in [-0.4, -0.2) is 54.4 Å². The Balaban J connectivity index is 0.000000290. The molecule has 81 heavy (non-hydrogen) atoms. The predicted molar refractivity (Wildman–Crippen MR) is 279 cm³/mol. The number of hydrogen-bond donors (Lipinski definition) is 6. The van der Waals surface area contributed by atoms with Crippen molar-refractivity contribution in [3.8, 4) is 10.6 Å². The van der Waals surface area contributed by atoms with Gasteiger partial charge in [-0.05, 0) is 108 Å². The topological polar surface area (TPSA) is 214 Å². The summed E-state index contributed by atoms with van der Waals surface area (Å²) in [5.41, 5.74) is 4.83. The summed E-state index contributed by atoms with van der Waals surface area (Å²) in [5, 5.41) is 25.8. The van der Waals surface area contributed by atoms with Crippen LogP contribution < -0.4 is 22.1 Å². The summed E-state index contributed by atoms with van der Waals surface area (Å²) in [6.45, 7) is 4.25. The Morgan fingerprint density at radius 3 is 1.32 bits per heavy atom. The molecule has 7 aromatic rings. The molecule has 0 unspecified atom stereocenters. The highest BCUT2D eigenvalue weighted by atomic mass is 35.5. The third kappa shape index (κ3) is 22.8. The van der Waals surface area contributed by atoms with E-state index in [4.69, 9.17) is 39.9 Å². The molecule has 7 N–H and O–H groups in total. The highest BCUT2D eigenvalue weighted by Crippen LogP contribution is 2.34. The van der Waals surface area contributed by atoms with Crippen molar-refractivity contribution < 1.29 is 86.9 Å². The van der Waals surface area contributed by atoms with E-state index in [2.05, 4.69) is 34.9 Å². The van der Waals surface area contributed by atoms with Crippen LogP contribution in [0, 0.1) is 0 Å². The summed E-state index contributed by atoms with van der Waals surface area (Å²) in [6, 6.07) is 29.2. The van der Waals surface area contributed by atoms with Gasteiger partial charge >= 0.3 is 36.6 Å². The van der Waals surface area contributed by atoms with Crippen LogP contribution in [0.3, 0.4) is 0 Å². The molecule has 0 saturated carbocycles. The Morgan fingerprint density at radius 1 is 0.531 bits per heavy atom. The number of nitrogens with one attached hydrogen (secondary N) is 3. The number of thiocarbonyl (C=S) groups is 1. The fourth-order valence-corrected chi connectivity index (χ4v) is 7.18. The van der Waals surface area contributed by atoms with Gasteiger partial charge in [-0.3, -0.25) is 30.7 Å². The lowest BCUT2D eigenvalue weighted by Gasteiger charge is -2.11. The second-order valence-electron chi connectivity index (χ2n) is 16.1. The van der Waals surface area contributed by atoms with E-state index in [1.165, 1.54) is 66.3 Å². The number of nitrogen functional groups attached to an aromatic ring is 1. The Hall–Kier alpha value is -8.27. The van der Waals surface area contributed by atoms with Gasteiger partial charge in [0.05, 0.1) is 38.4 Å². The zero-order chi connectivity index (χ0) is 60.9. The van der Waals surface area contributed by atoms with Crippen molar-refractivity contribution in [3.05, 3.63) is 212 Å². The average Bonchev–Trinajstić information content (AvgIpc) is 3.89. The van der Waals surface area contributed by atoms with Crippen molar-refractivity contribution in [1.29, 1.82) is 0 Å². The van der Waals surface area contributed by atoms with Gasteiger partial charge in [0.25, 0.3) is 17.1 Å². The van der Waals surface area contributed by atoms with Crippen LogP contribution >= 0.6 is 35.2 Å². The quantitative estimate of drug-likeness (QED) is 0.0188. The van der Waals surface area contributed by atoms with Gasteiger partial charge in [-0.25, -0.2) is 15.4 Å². The number of carboxylic acids is 2. The number of carbonyl (C=O) groups is 5. The number of nitrogens with two attached hydrogens (primary N) is 1. The molecular formula is C53H43ClF12N6O7S2. The van der Waals surface area contributed by atoms with Gasteiger partial charge in [-0.1, -0.05) is 104 Å². The number of hydrogen-bond acceptors (Lipinski definition) is 10. The summed E-state index contributed by atoms with van der Waals surface area (Å²) >= 11 is 11.3. The molecule has 0 fully saturated rings. The molecule has 28 heteroatoms. The maximum absolute atomic E-state index is 12.8. The smallest absolute Gasteiger partial charge is 0.416 e. The van der Waals surface area contributed by atoms with Crippen molar-refractivity contribution in [2.45, 2.75) is 57.8 Å². The van der Waals surface area contributed by atoms with Crippen LogP contribution in [0.1, 0.15) is 110 Å². The zero-order valence-corrected chi connectivity index (χ0v) is 44.0. The van der Waals surface area contributed by atoms with E-state index in [1.807, 2.05) is 0 Å². The number of rotatable bonds is 10. The third-order valence-corrected chi connectivity index (χ3v) is 11.2. The number of hydrazine groups is 2. The van der Waals surface area contributed by atoms with Gasteiger partial charge in [0.15, 0.2) is 0 Å². The van der Waals surface area contributed by atoms with Crippen molar-refractivity contribution in [3.63, 3.8) is 0 Å². The van der Waals surface area contributed by atoms with Crippen LogP contribution in [0.2, 0.25) is 0 Å². The Morgan fingerprint density at radius 2 is 0.914 bits per heavy atom. The molecule has 13 nitrogen and oxygen atoms in total. The summed E-state index contributed by atoms with van der Waals surface area (Å²) in [7, 11) is 0. The molecule has 1 heterocycles.